The second kappa shape index (κ2) is 20.3. The molecule has 0 saturated heterocycles. The van der Waals surface area contributed by atoms with Crippen molar-refractivity contribution in [1.29, 1.82) is 0 Å². The van der Waals surface area contributed by atoms with E-state index in [-0.39, 0.29) is 0 Å². The minimum atomic E-state index is -3.38. The van der Waals surface area contributed by atoms with Gasteiger partial charge in [0.1, 0.15) is 0 Å². The van der Waals surface area contributed by atoms with Crippen LogP contribution in [0, 0.1) is 0 Å². The highest BCUT2D eigenvalue weighted by Crippen LogP contribution is 2.47. The van der Waals surface area contributed by atoms with Crippen molar-refractivity contribution in [3.05, 3.63) is 29.3 Å². The van der Waals surface area contributed by atoms with Crippen molar-refractivity contribution >= 4 is 30.6 Å². The van der Waals surface area contributed by atoms with Crippen molar-refractivity contribution in [3.63, 3.8) is 0 Å². The van der Waals surface area contributed by atoms with Crippen LogP contribution in [0.1, 0.15) is 141 Å². The Morgan fingerprint density at radius 2 is 1.06 bits per heavy atom. The predicted octanol–water partition coefficient (Wildman–Crippen LogP) is 9.34. The number of aryl methyl sites for hydroxylation is 1. The summed E-state index contributed by atoms with van der Waals surface area (Å²) in [6.45, 7) is 4.54. The molecule has 0 aliphatic carbocycles. The van der Waals surface area contributed by atoms with E-state index >= 15 is 0 Å². The zero-order chi connectivity index (χ0) is 24.2. The van der Waals surface area contributed by atoms with Gasteiger partial charge in [0.15, 0.2) is 5.75 Å². The highest BCUT2D eigenvalue weighted by Gasteiger charge is 2.12. The van der Waals surface area contributed by atoms with Gasteiger partial charge >= 0.3 is 0 Å². The first-order valence-corrected chi connectivity index (χ1v) is 17.5. The van der Waals surface area contributed by atoms with Gasteiger partial charge in [0.25, 0.3) is 0 Å². The Hall–Kier alpha value is 0.110. The molecular weight excluding hydrogens is 463 g/mol. The van der Waals surface area contributed by atoms with E-state index in [1.807, 2.05) is 12.1 Å². The van der Waals surface area contributed by atoms with E-state index in [1.165, 1.54) is 120 Å². The van der Waals surface area contributed by atoms with Crippen LogP contribution in [0.15, 0.2) is 18.2 Å². The fourth-order valence-electron chi connectivity index (χ4n) is 4.57. The van der Waals surface area contributed by atoms with Crippen LogP contribution in [0.3, 0.4) is 0 Å². The van der Waals surface area contributed by atoms with Crippen LogP contribution < -0.4 is 9.42 Å². The van der Waals surface area contributed by atoms with E-state index in [9.17, 15) is 4.89 Å². The molecule has 1 rings (SSSR count). The zero-order valence-electron chi connectivity index (χ0n) is 21.5. The lowest BCUT2D eigenvalue weighted by Gasteiger charge is -2.42. The first-order chi connectivity index (χ1) is 16.0. The Kier molecular flexibility index (Phi) is 19.2. The summed E-state index contributed by atoms with van der Waals surface area (Å²) in [5.74, 6) is 0.663. The number of unbranched alkanes of at least 4 members (excludes halogenated alkanes) is 16. The van der Waals surface area contributed by atoms with Crippen LogP contribution in [0.25, 0.3) is 0 Å². The van der Waals surface area contributed by atoms with Gasteiger partial charge in [-0.25, -0.2) is 0 Å². The normalized spacial score (nSPS) is 11.8. The van der Waals surface area contributed by atoms with Gasteiger partial charge < -0.3 is 33.9 Å². The molecule has 0 amide bonds. The van der Waals surface area contributed by atoms with Crippen molar-refractivity contribution in [2.24, 2.45) is 0 Å². The van der Waals surface area contributed by atoms with Crippen LogP contribution in [-0.2, 0) is 37.3 Å². The van der Waals surface area contributed by atoms with Gasteiger partial charge in [-0.15, -0.1) is 6.12 Å². The molecule has 0 N–H and O–H groups in total. The van der Waals surface area contributed by atoms with Crippen molar-refractivity contribution in [2.45, 2.75) is 142 Å². The molecule has 0 atom stereocenters. The summed E-state index contributed by atoms with van der Waals surface area (Å²) in [7, 11) is 0. The van der Waals surface area contributed by atoms with Crippen molar-refractivity contribution in [2.75, 3.05) is 0 Å². The van der Waals surface area contributed by atoms with Crippen LogP contribution in [-0.4, -0.2) is 0 Å². The van der Waals surface area contributed by atoms with Crippen molar-refractivity contribution in [1.82, 2.24) is 0 Å². The fraction of sp³-hybridized carbons (Fsp3) is 0.786. The summed E-state index contributed by atoms with van der Waals surface area (Å²) >= 11 is 9.81. The lowest BCUT2D eigenvalue weighted by molar-refractivity contribution is -0.169. The molecule has 192 valence electrons. The Morgan fingerprint density at radius 1 is 0.636 bits per heavy atom. The van der Waals surface area contributed by atoms with E-state index in [0.717, 1.165) is 19.3 Å². The third-order valence-electron chi connectivity index (χ3n) is 6.52. The van der Waals surface area contributed by atoms with Gasteiger partial charge in [0.2, 0.25) is 0 Å². The third kappa shape index (κ3) is 17.2. The van der Waals surface area contributed by atoms with Gasteiger partial charge in [-0.05, 0) is 37.3 Å². The molecule has 0 aromatic heterocycles. The Bertz CT molecular complexity index is 590. The van der Waals surface area contributed by atoms with Crippen molar-refractivity contribution < 1.29 is 9.42 Å². The molecule has 1 aromatic rings. The van der Waals surface area contributed by atoms with Crippen LogP contribution in [0.2, 0.25) is 0 Å². The second-order valence-electron chi connectivity index (χ2n) is 9.59. The molecule has 1 aromatic carbocycles. The standard InChI is InChI=1S/C28H51O2PS2/c1-3-5-7-9-11-13-15-17-19-22-26-23-21-25-28(30-31(29,32)33)27(26)24-20-18-16-14-12-10-8-6-4-2/h21,23,25H,3-20,22,24H2,1-2H3,(H2,29,32,33)/p-2. The van der Waals surface area contributed by atoms with Crippen LogP contribution in [0.4, 0.5) is 0 Å². The van der Waals surface area contributed by atoms with Gasteiger partial charge in [0, 0.05) is 5.56 Å². The maximum atomic E-state index is 12.0. The quantitative estimate of drug-likeness (QED) is 0.0880. The summed E-state index contributed by atoms with van der Waals surface area (Å²) < 4.78 is 5.58. The SMILES string of the molecule is CCCCCCCCCCCc1cccc(O[P+]([O-])([S-])[S-])c1CCCCCCCCCCC. The molecule has 0 bridgehead atoms. The smallest absolute Gasteiger partial charge is 0.171 e. The predicted molar refractivity (Wildman–Crippen MR) is 151 cm³/mol. The summed E-state index contributed by atoms with van der Waals surface area (Å²) in [5, 5.41) is 0. The second-order valence-corrected chi connectivity index (χ2v) is 14.2. The summed E-state index contributed by atoms with van der Waals surface area (Å²) in [6, 6.07) is 6.10. The highest BCUT2D eigenvalue weighted by molar-refractivity contribution is 8.69. The van der Waals surface area contributed by atoms with E-state index in [1.54, 1.807) is 0 Å². The van der Waals surface area contributed by atoms with Crippen molar-refractivity contribution in [3.8, 4) is 5.75 Å². The Balaban J connectivity index is 2.45. The van der Waals surface area contributed by atoms with Crippen LogP contribution >= 0.6 is 6.12 Å². The highest BCUT2D eigenvalue weighted by atomic mass is 33.1. The van der Waals surface area contributed by atoms with E-state index in [2.05, 4.69) is 19.9 Å². The Morgan fingerprint density at radius 3 is 1.52 bits per heavy atom. The minimum Gasteiger partial charge on any atom is -0.682 e. The summed E-state index contributed by atoms with van der Waals surface area (Å²) in [4.78, 5) is 12.0. The molecule has 0 aliphatic heterocycles. The molecule has 0 fully saturated rings. The number of benzene rings is 1. The van der Waals surface area contributed by atoms with Gasteiger partial charge in [-0.3, -0.25) is 0 Å². The number of rotatable bonds is 22. The average molecular weight is 513 g/mol. The number of hydrogen-bond donors (Lipinski definition) is 0. The van der Waals surface area contributed by atoms with E-state index in [4.69, 9.17) is 29.0 Å². The zero-order valence-corrected chi connectivity index (χ0v) is 24.0. The molecule has 0 radical (unpaired) electrons. The summed E-state index contributed by atoms with van der Waals surface area (Å²) in [6.07, 6.45) is 22.4. The molecule has 5 heteroatoms. The topological polar surface area (TPSA) is 32.3 Å². The molecule has 0 saturated carbocycles. The molecule has 2 nitrogen and oxygen atoms in total. The first kappa shape index (κ1) is 31.1. The maximum Gasteiger partial charge on any atom is 0.171 e. The van der Waals surface area contributed by atoms with Gasteiger partial charge in [-0.1, -0.05) is 129 Å². The molecule has 0 heterocycles. The molecule has 0 unspecified atom stereocenters. The average Bonchev–Trinajstić information content (AvgIpc) is 2.77. The molecule has 0 spiro atoms. The minimum absolute atomic E-state index is 0.663. The monoisotopic (exact) mass is 512 g/mol. The fourth-order valence-corrected chi connectivity index (χ4v) is 5.47. The Labute approximate surface area is 216 Å². The van der Waals surface area contributed by atoms with Crippen LogP contribution in [0.5, 0.6) is 5.75 Å². The molecular formula is C28H49O2PS2-2. The molecule has 0 aliphatic rings. The number of hydrogen-bond acceptors (Lipinski definition) is 4. The lowest BCUT2D eigenvalue weighted by atomic mass is 9.95. The third-order valence-corrected chi connectivity index (χ3v) is 7.39. The molecule has 33 heavy (non-hydrogen) atoms. The summed E-state index contributed by atoms with van der Waals surface area (Å²) in [5.41, 5.74) is 2.52. The first-order valence-electron chi connectivity index (χ1n) is 13.8. The van der Waals surface area contributed by atoms with E-state index < -0.39 is 6.12 Å². The maximum absolute atomic E-state index is 12.0. The van der Waals surface area contributed by atoms with Gasteiger partial charge in [0.05, 0.1) is 0 Å². The lowest BCUT2D eigenvalue weighted by Crippen LogP contribution is -2.11. The largest absolute Gasteiger partial charge is 0.682 e. The van der Waals surface area contributed by atoms with E-state index in [0.29, 0.717) is 5.75 Å². The van der Waals surface area contributed by atoms with Gasteiger partial charge in [-0.2, -0.15) is 0 Å².